The van der Waals surface area contributed by atoms with E-state index in [1.165, 1.54) is 41.6 Å². The van der Waals surface area contributed by atoms with E-state index in [1.54, 1.807) is 0 Å². The lowest BCUT2D eigenvalue weighted by atomic mass is 10.1. The number of amides is 1. The van der Waals surface area contributed by atoms with Crippen molar-refractivity contribution in [3.63, 3.8) is 0 Å². The molecule has 0 radical (unpaired) electrons. The number of carbonyl (C=O) groups excluding carboxylic acids is 1. The molecule has 9 heteroatoms. The average Bonchev–Trinajstić information content (AvgIpc) is 3.44. The Hall–Kier alpha value is -3.20. The van der Waals surface area contributed by atoms with Gasteiger partial charge in [-0.1, -0.05) is 42.1 Å². The van der Waals surface area contributed by atoms with Gasteiger partial charge in [-0.15, -0.1) is 10.2 Å². The van der Waals surface area contributed by atoms with Crippen molar-refractivity contribution in [1.29, 1.82) is 0 Å². The molecule has 4 rings (SSSR count). The molecule has 0 bridgehead atoms. The molecule has 0 aliphatic heterocycles. The van der Waals surface area contributed by atoms with Crippen LogP contribution in [0.1, 0.15) is 29.6 Å². The van der Waals surface area contributed by atoms with Crippen LogP contribution in [0.3, 0.4) is 0 Å². The number of non-ortho nitro benzene ring substituents is 1. The molecule has 2 atom stereocenters. The molecule has 1 aromatic heterocycles. The predicted molar refractivity (Wildman–Crippen MR) is 110 cm³/mol. The Morgan fingerprint density at radius 2 is 1.90 bits per heavy atom. The van der Waals surface area contributed by atoms with E-state index in [0.29, 0.717) is 22.7 Å². The van der Waals surface area contributed by atoms with Crippen molar-refractivity contribution in [3.05, 3.63) is 76.1 Å². The number of nitro benzene ring substituents is 1. The quantitative estimate of drug-likeness (QED) is 0.362. The van der Waals surface area contributed by atoms with Crippen molar-refractivity contribution in [2.45, 2.75) is 23.4 Å². The van der Waals surface area contributed by atoms with Crippen molar-refractivity contribution < 1.29 is 9.72 Å². The third kappa shape index (κ3) is 4.29. The summed E-state index contributed by atoms with van der Waals surface area (Å²) < 4.78 is 1.96. The summed E-state index contributed by atoms with van der Waals surface area (Å²) in [5.74, 6) is 1.75. The number of aromatic nitrogens is 3. The highest BCUT2D eigenvalue weighted by Crippen LogP contribution is 2.54. The monoisotopic (exact) mass is 409 g/mol. The molecule has 8 nitrogen and oxygen atoms in total. The Morgan fingerprint density at radius 3 is 2.59 bits per heavy atom. The highest BCUT2D eigenvalue weighted by atomic mass is 32.2. The summed E-state index contributed by atoms with van der Waals surface area (Å²) in [6.07, 6.45) is 1.06. The first-order chi connectivity index (χ1) is 14.0. The maximum Gasteiger partial charge on any atom is 0.269 e. The predicted octanol–water partition coefficient (Wildman–Crippen LogP) is 3.73. The Kier molecular flexibility index (Phi) is 5.30. The number of carbonyl (C=O) groups is 1. The molecule has 29 heavy (non-hydrogen) atoms. The SMILES string of the molecule is Cn1c(SCC(=O)Nc2ccc([N+](=O)[O-])cc2)nnc1C1CC1c1ccccc1. The van der Waals surface area contributed by atoms with Crippen LogP contribution in [0.2, 0.25) is 0 Å². The first-order valence-corrected chi connectivity index (χ1v) is 10.1. The van der Waals surface area contributed by atoms with Crippen LogP contribution in [0.25, 0.3) is 0 Å². The number of nitro groups is 1. The molecule has 1 fully saturated rings. The molecule has 2 aromatic carbocycles. The highest BCUT2D eigenvalue weighted by molar-refractivity contribution is 7.99. The number of nitrogens with zero attached hydrogens (tertiary/aromatic N) is 4. The van der Waals surface area contributed by atoms with E-state index in [9.17, 15) is 14.9 Å². The maximum absolute atomic E-state index is 12.2. The third-order valence-electron chi connectivity index (χ3n) is 4.91. The fourth-order valence-corrected chi connectivity index (χ4v) is 4.04. The Balaban J connectivity index is 1.32. The Morgan fingerprint density at radius 1 is 1.17 bits per heavy atom. The second-order valence-electron chi connectivity index (χ2n) is 6.90. The lowest BCUT2D eigenvalue weighted by Gasteiger charge is -2.06. The summed E-state index contributed by atoms with van der Waals surface area (Å²) in [6, 6.07) is 16.1. The summed E-state index contributed by atoms with van der Waals surface area (Å²) in [4.78, 5) is 22.4. The molecular weight excluding hydrogens is 390 g/mol. The van der Waals surface area contributed by atoms with Gasteiger partial charge in [0.1, 0.15) is 5.82 Å². The molecule has 1 heterocycles. The molecule has 1 aliphatic rings. The molecule has 1 N–H and O–H groups in total. The first-order valence-electron chi connectivity index (χ1n) is 9.14. The van der Waals surface area contributed by atoms with Crippen LogP contribution < -0.4 is 5.32 Å². The Labute approximate surface area is 171 Å². The zero-order valence-electron chi connectivity index (χ0n) is 15.7. The van der Waals surface area contributed by atoms with Gasteiger partial charge < -0.3 is 9.88 Å². The molecular formula is C20H19N5O3S. The Bertz CT molecular complexity index is 1040. The van der Waals surface area contributed by atoms with Gasteiger partial charge >= 0.3 is 0 Å². The lowest BCUT2D eigenvalue weighted by molar-refractivity contribution is -0.384. The van der Waals surface area contributed by atoms with Crippen molar-refractivity contribution in [1.82, 2.24) is 14.8 Å². The number of anilines is 1. The van der Waals surface area contributed by atoms with Crippen LogP contribution in [0, 0.1) is 10.1 Å². The summed E-state index contributed by atoms with van der Waals surface area (Å²) in [6.45, 7) is 0. The smallest absolute Gasteiger partial charge is 0.269 e. The van der Waals surface area contributed by atoms with Crippen LogP contribution in [-0.2, 0) is 11.8 Å². The molecule has 2 unspecified atom stereocenters. The molecule has 148 valence electrons. The number of hydrogen-bond donors (Lipinski definition) is 1. The molecule has 0 spiro atoms. The number of rotatable bonds is 7. The second-order valence-corrected chi connectivity index (χ2v) is 7.84. The molecule has 0 saturated heterocycles. The summed E-state index contributed by atoms with van der Waals surface area (Å²) in [5.41, 5.74) is 1.82. The van der Waals surface area contributed by atoms with Crippen molar-refractivity contribution in [2.75, 3.05) is 11.1 Å². The van der Waals surface area contributed by atoms with Gasteiger partial charge in [0.15, 0.2) is 5.16 Å². The van der Waals surface area contributed by atoms with Gasteiger partial charge in [0.2, 0.25) is 5.91 Å². The molecule has 1 amide bonds. The normalized spacial score (nSPS) is 17.7. The van der Waals surface area contributed by atoms with Crippen LogP contribution in [0.5, 0.6) is 0 Å². The van der Waals surface area contributed by atoms with Gasteiger partial charge in [0.05, 0.1) is 10.7 Å². The molecule has 1 saturated carbocycles. The lowest BCUT2D eigenvalue weighted by Crippen LogP contribution is -2.14. The molecule has 1 aliphatic carbocycles. The van der Waals surface area contributed by atoms with Gasteiger partial charge in [0, 0.05) is 30.8 Å². The van der Waals surface area contributed by atoms with E-state index in [-0.39, 0.29) is 17.3 Å². The van der Waals surface area contributed by atoms with Crippen LogP contribution >= 0.6 is 11.8 Å². The zero-order chi connectivity index (χ0) is 20.4. The van der Waals surface area contributed by atoms with Crippen molar-refractivity contribution in [3.8, 4) is 0 Å². The first kappa shape index (κ1) is 19.1. The van der Waals surface area contributed by atoms with E-state index in [0.717, 1.165) is 12.2 Å². The summed E-state index contributed by atoms with van der Waals surface area (Å²) >= 11 is 1.31. The minimum atomic E-state index is -0.477. The van der Waals surface area contributed by atoms with Crippen molar-refractivity contribution in [2.24, 2.45) is 7.05 Å². The third-order valence-corrected chi connectivity index (χ3v) is 5.93. The van der Waals surface area contributed by atoms with Gasteiger partial charge in [-0.2, -0.15) is 0 Å². The van der Waals surface area contributed by atoms with Gasteiger partial charge in [-0.3, -0.25) is 14.9 Å². The van der Waals surface area contributed by atoms with Crippen LogP contribution in [0.4, 0.5) is 11.4 Å². The summed E-state index contributed by atoms with van der Waals surface area (Å²) in [5, 5.41) is 22.7. The standard InChI is InChI=1S/C20H19N5O3S/c1-24-19(17-11-16(17)13-5-3-2-4-6-13)22-23-20(24)29-12-18(26)21-14-7-9-15(10-8-14)25(27)28/h2-10,16-17H,11-12H2,1H3,(H,21,26). The average molecular weight is 409 g/mol. The minimum absolute atomic E-state index is 0.0159. The van der Waals surface area contributed by atoms with E-state index >= 15 is 0 Å². The van der Waals surface area contributed by atoms with Gasteiger partial charge in [-0.25, -0.2) is 0 Å². The second kappa shape index (κ2) is 8.04. The topological polar surface area (TPSA) is 103 Å². The number of benzene rings is 2. The largest absolute Gasteiger partial charge is 0.325 e. The number of thioether (sulfide) groups is 1. The maximum atomic E-state index is 12.2. The van der Waals surface area contributed by atoms with Crippen molar-refractivity contribution >= 4 is 29.0 Å². The fourth-order valence-electron chi connectivity index (χ4n) is 3.32. The number of nitrogens with one attached hydrogen (secondary N) is 1. The zero-order valence-corrected chi connectivity index (χ0v) is 16.5. The van der Waals surface area contributed by atoms with Crippen LogP contribution in [-0.4, -0.2) is 31.3 Å². The fraction of sp³-hybridized carbons (Fsp3) is 0.250. The van der Waals surface area contributed by atoms with Gasteiger partial charge in [-0.05, 0) is 30.0 Å². The van der Waals surface area contributed by atoms with E-state index in [4.69, 9.17) is 0 Å². The van der Waals surface area contributed by atoms with Crippen LogP contribution in [0.15, 0.2) is 59.8 Å². The van der Waals surface area contributed by atoms with E-state index in [1.807, 2.05) is 29.8 Å². The number of hydrogen-bond acceptors (Lipinski definition) is 6. The van der Waals surface area contributed by atoms with Gasteiger partial charge in [0.25, 0.3) is 5.69 Å². The van der Waals surface area contributed by atoms with E-state index < -0.39 is 4.92 Å². The highest BCUT2D eigenvalue weighted by Gasteiger charge is 2.42. The minimum Gasteiger partial charge on any atom is -0.325 e. The summed E-state index contributed by atoms with van der Waals surface area (Å²) in [7, 11) is 1.92. The van der Waals surface area contributed by atoms with E-state index in [2.05, 4.69) is 27.6 Å². The molecule has 3 aromatic rings.